The number of rotatable bonds is 0. The van der Waals surface area contributed by atoms with Gasteiger partial charge in [-0.1, -0.05) is 0 Å². The Bertz CT molecular complexity index is 285. The lowest BCUT2D eigenvalue weighted by Gasteiger charge is -2.38. The second-order valence-corrected chi connectivity index (χ2v) is 6.46. The molecule has 2 saturated heterocycles. The van der Waals surface area contributed by atoms with E-state index in [-0.39, 0.29) is 11.0 Å². The molecule has 2 heterocycles. The maximum atomic E-state index is 12.5. The third-order valence-electron chi connectivity index (χ3n) is 4.27. The number of carbonyl (C=O) groups excluding carboxylic acids is 1. The maximum Gasteiger partial charge on any atom is 0.229 e. The average molecular weight is 224 g/mol. The van der Waals surface area contributed by atoms with Crippen LogP contribution < -0.4 is 0 Å². The van der Waals surface area contributed by atoms with Crippen molar-refractivity contribution in [1.29, 1.82) is 0 Å². The Kier molecular flexibility index (Phi) is 2.77. The van der Waals surface area contributed by atoms with Gasteiger partial charge in [0.15, 0.2) is 0 Å². The molecule has 1 spiro atoms. The monoisotopic (exact) mass is 224 g/mol. The second kappa shape index (κ2) is 3.73. The number of hydrogen-bond donors (Lipinski definition) is 0. The third-order valence-corrected chi connectivity index (χ3v) is 4.27. The van der Waals surface area contributed by atoms with E-state index in [4.69, 9.17) is 0 Å². The summed E-state index contributed by atoms with van der Waals surface area (Å²) in [6.45, 7) is 9.51. The molecule has 0 aromatic heterocycles. The first-order valence-electron chi connectivity index (χ1n) is 6.36. The van der Waals surface area contributed by atoms with Crippen molar-refractivity contribution < 1.29 is 4.79 Å². The Morgan fingerprint density at radius 3 is 2.00 bits per heavy atom. The van der Waals surface area contributed by atoms with Crippen LogP contribution in [0.3, 0.4) is 0 Å². The molecule has 2 fully saturated rings. The zero-order chi connectivity index (χ0) is 12.0. The van der Waals surface area contributed by atoms with E-state index in [0.29, 0.717) is 5.91 Å². The molecule has 3 nitrogen and oxygen atoms in total. The van der Waals surface area contributed by atoms with Crippen LogP contribution in [-0.4, -0.2) is 47.9 Å². The number of piperidine rings is 1. The van der Waals surface area contributed by atoms with Crippen molar-refractivity contribution in [1.82, 2.24) is 9.80 Å². The average Bonchev–Trinajstić information content (AvgIpc) is 2.49. The molecule has 92 valence electrons. The molecule has 3 heteroatoms. The van der Waals surface area contributed by atoms with E-state index in [2.05, 4.69) is 37.6 Å². The molecular weight excluding hydrogens is 200 g/mol. The molecule has 0 unspecified atom stereocenters. The lowest BCUT2D eigenvalue weighted by atomic mass is 9.77. The van der Waals surface area contributed by atoms with Crippen molar-refractivity contribution in [2.24, 2.45) is 5.41 Å². The highest BCUT2D eigenvalue weighted by Crippen LogP contribution is 2.43. The van der Waals surface area contributed by atoms with Crippen molar-refractivity contribution in [3.63, 3.8) is 0 Å². The van der Waals surface area contributed by atoms with Crippen LogP contribution in [0.1, 0.15) is 40.0 Å². The highest BCUT2D eigenvalue weighted by Gasteiger charge is 2.50. The Balaban J connectivity index is 2.12. The SMILES string of the molecule is CN1CCC2(CC1)CCN(C(C)(C)C)C2=O. The Hall–Kier alpha value is -0.570. The van der Waals surface area contributed by atoms with Gasteiger partial charge < -0.3 is 9.80 Å². The fourth-order valence-corrected chi connectivity index (χ4v) is 2.97. The summed E-state index contributed by atoms with van der Waals surface area (Å²) in [6.07, 6.45) is 3.17. The minimum Gasteiger partial charge on any atom is -0.337 e. The molecule has 2 rings (SSSR count). The van der Waals surface area contributed by atoms with E-state index in [1.165, 1.54) is 0 Å². The van der Waals surface area contributed by atoms with Crippen LogP contribution in [0.25, 0.3) is 0 Å². The molecular formula is C13H24N2O. The van der Waals surface area contributed by atoms with Gasteiger partial charge in [0.25, 0.3) is 0 Å². The van der Waals surface area contributed by atoms with Crippen molar-refractivity contribution >= 4 is 5.91 Å². The topological polar surface area (TPSA) is 23.6 Å². The van der Waals surface area contributed by atoms with E-state index in [1.807, 2.05) is 0 Å². The summed E-state index contributed by atoms with van der Waals surface area (Å²) < 4.78 is 0. The summed E-state index contributed by atoms with van der Waals surface area (Å²) in [7, 11) is 2.15. The molecule has 0 aromatic carbocycles. The van der Waals surface area contributed by atoms with E-state index < -0.39 is 0 Å². The number of hydrogen-bond acceptors (Lipinski definition) is 2. The molecule has 1 amide bonds. The van der Waals surface area contributed by atoms with Crippen LogP contribution in [0.15, 0.2) is 0 Å². The molecule has 0 radical (unpaired) electrons. The van der Waals surface area contributed by atoms with Crippen molar-refractivity contribution in [3.8, 4) is 0 Å². The Morgan fingerprint density at radius 2 is 1.56 bits per heavy atom. The predicted octanol–water partition coefficient (Wildman–Crippen LogP) is 1.73. The fraction of sp³-hybridized carbons (Fsp3) is 0.923. The van der Waals surface area contributed by atoms with Gasteiger partial charge in [0.1, 0.15) is 0 Å². The normalized spacial score (nSPS) is 26.8. The summed E-state index contributed by atoms with van der Waals surface area (Å²) >= 11 is 0. The molecule has 0 N–H and O–H groups in total. The van der Waals surface area contributed by atoms with Crippen LogP contribution >= 0.6 is 0 Å². The molecule has 0 aromatic rings. The number of nitrogens with zero attached hydrogens (tertiary/aromatic N) is 2. The van der Waals surface area contributed by atoms with Gasteiger partial charge in [0.2, 0.25) is 5.91 Å². The van der Waals surface area contributed by atoms with Crippen molar-refractivity contribution in [2.75, 3.05) is 26.7 Å². The van der Waals surface area contributed by atoms with Crippen molar-refractivity contribution in [3.05, 3.63) is 0 Å². The minimum absolute atomic E-state index is 0.00999. The molecule has 2 aliphatic heterocycles. The summed E-state index contributed by atoms with van der Waals surface area (Å²) in [4.78, 5) is 17.0. The van der Waals surface area contributed by atoms with Gasteiger partial charge in [-0.25, -0.2) is 0 Å². The summed E-state index contributed by atoms with van der Waals surface area (Å²) in [5.41, 5.74) is -0.0241. The van der Waals surface area contributed by atoms with Crippen LogP contribution in [0, 0.1) is 5.41 Å². The predicted molar refractivity (Wildman–Crippen MR) is 65.2 cm³/mol. The van der Waals surface area contributed by atoms with Crippen LogP contribution in [0.5, 0.6) is 0 Å². The largest absolute Gasteiger partial charge is 0.337 e. The first kappa shape index (κ1) is 11.9. The summed E-state index contributed by atoms with van der Waals surface area (Å²) in [5, 5.41) is 0. The second-order valence-electron chi connectivity index (χ2n) is 6.46. The fourth-order valence-electron chi connectivity index (χ4n) is 2.97. The minimum atomic E-state index is -0.0141. The van der Waals surface area contributed by atoms with E-state index in [9.17, 15) is 4.79 Å². The van der Waals surface area contributed by atoms with Gasteiger partial charge in [0.05, 0.1) is 5.41 Å². The number of amides is 1. The Morgan fingerprint density at radius 1 is 1.06 bits per heavy atom. The van der Waals surface area contributed by atoms with E-state index in [0.717, 1.165) is 38.9 Å². The van der Waals surface area contributed by atoms with Crippen LogP contribution in [0.4, 0.5) is 0 Å². The zero-order valence-electron chi connectivity index (χ0n) is 11.0. The molecule has 0 aliphatic carbocycles. The standard InChI is InChI=1S/C13H24N2O/c1-12(2,3)15-10-7-13(11(15)16)5-8-14(4)9-6-13/h5-10H2,1-4H3. The van der Waals surface area contributed by atoms with Gasteiger partial charge >= 0.3 is 0 Å². The lowest BCUT2D eigenvalue weighted by Crippen LogP contribution is -2.48. The Labute approximate surface area is 98.8 Å². The third kappa shape index (κ3) is 1.86. The lowest BCUT2D eigenvalue weighted by molar-refractivity contribution is -0.142. The first-order valence-corrected chi connectivity index (χ1v) is 6.36. The number of likely N-dealkylation sites (tertiary alicyclic amines) is 2. The summed E-state index contributed by atoms with van der Waals surface area (Å²) in [5.74, 6) is 0.410. The van der Waals surface area contributed by atoms with Gasteiger partial charge in [-0.3, -0.25) is 4.79 Å². The highest BCUT2D eigenvalue weighted by atomic mass is 16.2. The van der Waals surface area contributed by atoms with Crippen LogP contribution in [-0.2, 0) is 4.79 Å². The molecule has 2 aliphatic rings. The van der Waals surface area contributed by atoms with Crippen molar-refractivity contribution in [2.45, 2.75) is 45.6 Å². The van der Waals surface area contributed by atoms with Gasteiger partial charge in [-0.15, -0.1) is 0 Å². The smallest absolute Gasteiger partial charge is 0.229 e. The van der Waals surface area contributed by atoms with Crippen LogP contribution in [0.2, 0.25) is 0 Å². The van der Waals surface area contributed by atoms with Gasteiger partial charge in [0, 0.05) is 12.1 Å². The van der Waals surface area contributed by atoms with E-state index >= 15 is 0 Å². The quantitative estimate of drug-likeness (QED) is 0.625. The summed E-state index contributed by atoms with van der Waals surface area (Å²) in [6, 6.07) is 0. The molecule has 0 atom stereocenters. The molecule has 16 heavy (non-hydrogen) atoms. The van der Waals surface area contributed by atoms with Gasteiger partial charge in [-0.2, -0.15) is 0 Å². The maximum absolute atomic E-state index is 12.5. The highest BCUT2D eigenvalue weighted by molar-refractivity contribution is 5.85. The number of carbonyl (C=O) groups is 1. The molecule has 0 bridgehead atoms. The zero-order valence-corrected chi connectivity index (χ0v) is 11.0. The van der Waals surface area contributed by atoms with E-state index in [1.54, 1.807) is 0 Å². The van der Waals surface area contributed by atoms with Gasteiger partial charge in [-0.05, 0) is 60.2 Å². The first-order chi connectivity index (χ1) is 7.35. The molecule has 0 saturated carbocycles.